The van der Waals surface area contributed by atoms with E-state index in [0.717, 1.165) is 42.1 Å². The Bertz CT molecular complexity index is 909. The van der Waals surface area contributed by atoms with Crippen LogP contribution in [0, 0.1) is 0 Å². The Labute approximate surface area is 223 Å². The van der Waals surface area contributed by atoms with Crippen molar-refractivity contribution >= 4 is 25.0 Å². The van der Waals surface area contributed by atoms with Crippen molar-refractivity contribution in [3.8, 4) is 0 Å². The van der Waals surface area contributed by atoms with Gasteiger partial charge in [-0.05, 0) is 12.8 Å². The number of H-pyrrole nitrogens is 1. The molecule has 0 bridgehead atoms. The summed E-state index contributed by atoms with van der Waals surface area (Å²) in [6.07, 6.45) is 23.1. The first-order chi connectivity index (χ1) is 17.9. The van der Waals surface area contributed by atoms with E-state index in [2.05, 4.69) is 29.4 Å². The number of aromatic nitrogens is 1. The number of amides is 1. The molecular weight excluding hydrogens is 487 g/mol. The zero-order chi connectivity index (χ0) is 26.8. The van der Waals surface area contributed by atoms with Crippen molar-refractivity contribution in [1.29, 1.82) is 0 Å². The van der Waals surface area contributed by atoms with Gasteiger partial charge in [0.2, 0.25) is 0 Å². The second-order valence-corrected chi connectivity index (χ2v) is 11.5. The quantitative estimate of drug-likeness (QED) is 0.0697. The molecule has 0 spiro atoms. The third-order valence-electron chi connectivity index (χ3n) is 6.65. The van der Waals surface area contributed by atoms with Crippen molar-refractivity contribution in [2.75, 3.05) is 6.61 Å². The minimum absolute atomic E-state index is 0.0906. The van der Waals surface area contributed by atoms with E-state index in [1.165, 1.54) is 57.8 Å². The van der Waals surface area contributed by atoms with E-state index in [-0.39, 0.29) is 12.5 Å². The molecule has 7 nitrogen and oxygen atoms in total. The molecule has 0 saturated carbocycles. The van der Waals surface area contributed by atoms with Gasteiger partial charge in [0.05, 0.1) is 0 Å². The molecule has 1 amide bonds. The molecule has 8 heteroatoms. The Kier molecular flexibility index (Phi) is 15.7. The van der Waals surface area contributed by atoms with Gasteiger partial charge in [-0.3, -0.25) is 0 Å². The molecule has 1 atom stereocenters. The normalized spacial score (nSPS) is 13.4. The molecule has 37 heavy (non-hydrogen) atoms. The molecule has 1 heterocycles. The molecule has 0 aliphatic heterocycles. The Morgan fingerprint density at radius 2 is 1.57 bits per heavy atom. The topological polar surface area (TPSA) is 115 Å². The Balaban J connectivity index is 1.60. The van der Waals surface area contributed by atoms with E-state index < -0.39 is 14.2 Å². The van der Waals surface area contributed by atoms with Gasteiger partial charge in [0.15, 0.2) is 0 Å². The van der Waals surface area contributed by atoms with Crippen LogP contribution in [0.2, 0.25) is 0 Å². The van der Waals surface area contributed by atoms with E-state index in [9.17, 15) is 19.5 Å². The molecule has 0 saturated heterocycles. The van der Waals surface area contributed by atoms with Gasteiger partial charge >= 0.3 is 159 Å². The molecule has 210 valence electrons. The molecule has 0 unspecified atom stereocenters. The molecule has 0 aliphatic rings. The van der Waals surface area contributed by atoms with Crippen LogP contribution < -0.4 is 5.32 Å². The summed E-state index contributed by atoms with van der Waals surface area (Å²) in [6, 6.07) is 7.39. The van der Waals surface area contributed by atoms with Crippen LogP contribution in [0.5, 0.6) is 0 Å². The van der Waals surface area contributed by atoms with Crippen molar-refractivity contribution in [2.45, 2.75) is 109 Å². The second kappa shape index (κ2) is 18.5. The minimum atomic E-state index is -4.65. The molecule has 0 radical (unpaired) electrons. The fourth-order valence-corrected chi connectivity index (χ4v) is 5.01. The van der Waals surface area contributed by atoms with Gasteiger partial charge in [-0.2, -0.15) is 0 Å². The number of benzene rings is 1. The van der Waals surface area contributed by atoms with Crippen LogP contribution in [0.25, 0.3) is 10.9 Å². The number of rotatable bonds is 21. The van der Waals surface area contributed by atoms with Crippen LogP contribution in [-0.2, 0) is 15.7 Å². The average molecular weight is 537 g/mol. The maximum absolute atomic E-state index is 12.5. The Morgan fingerprint density at radius 3 is 2.24 bits per heavy atom. The van der Waals surface area contributed by atoms with Gasteiger partial charge in [-0.1, -0.05) is 51.2 Å². The zero-order valence-corrected chi connectivity index (χ0v) is 23.6. The summed E-state index contributed by atoms with van der Waals surface area (Å²) < 4.78 is 4.86. The van der Waals surface area contributed by atoms with Crippen molar-refractivity contribution < 1.29 is 24.0 Å². The first-order valence-corrected chi connectivity index (χ1v) is 15.9. The number of carbonyl (C=O) groups is 1. The molecule has 2 rings (SSSR count). The van der Waals surface area contributed by atoms with Gasteiger partial charge in [-0.25, -0.2) is 0 Å². The molecule has 1 aromatic heterocycles. The number of hydrogen-bond acceptors (Lipinski definition) is 5. The molecule has 1 aromatic carbocycles. The monoisotopic (exact) mass is 536 g/mol. The van der Waals surface area contributed by atoms with Crippen molar-refractivity contribution in [1.82, 2.24) is 10.3 Å². The van der Waals surface area contributed by atoms with Crippen molar-refractivity contribution in [2.24, 2.45) is 0 Å². The zero-order valence-electron chi connectivity index (χ0n) is 22.6. The summed E-state index contributed by atoms with van der Waals surface area (Å²) in [5, 5.41) is 3.99. The SMILES string of the molecule is CCCCCCCC/C=C\CCCCCCCC(=O)N[C@H](CO[PH](O)(O)O)Cc1c[nH]c2ccccc12. The number of aromatic amines is 1. The Morgan fingerprint density at radius 1 is 0.946 bits per heavy atom. The summed E-state index contributed by atoms with van der Waals surface area (Å²) in [5.41, 5.74) is 1.98. The average Bonchev–Trinajstić information content (AvgIpc) is 3.27. The van der Waals surface area contributed by atoms with Crippen LogP contribution in [0.15, 0.2) is 42.6 Å². The van der Waals surface area contributed by atoms with Crippen LogP contribution in [0.1, 0.15) is 102 Å². The van der Waals surface area contributed by atoms with Crippen molar-refractivity contribution in [3.05, 3.63) is 48.2 Å². The van der Waals surface area contributed by atoms with Crippen LogP contribution in [-0.4, -0.2) is 38.2 Å². The van der Waals surface area contributed by atoms with E-state index in [1.807, 2.05) is 30.5 Å². The first kappa shape index (κ1) is 31.5. The second-order valence-electron chi connectivity index (χ2n) is 10.0. The summed E-state index contributed by atoms with van der Waals surface area (Å²) in [6.45, 7) is 2.08. The van der Waals surface area contributed by atoms with Gasteiger partial charge in [-0.15, -0.1) is 0 Å². The molecular formula is C29H49N2O5P. The predicted molar refractivity (Wildman–Crippen MR) is 154 cm³/mol. The number of carbonyl (C=O) groups excluding carboxylic acids is 1. The van der Waals surface area contributed by atoms with E-state index >= 15 is 0 Å². The van der Waals surface area contributed by atoms with Gasteiger partial charge in [0, 0.05) is 0 Å². The molecule has 0 aliphatic carbocycles. The summed E-state index contributed by atoms with van der Waals surface area (Å²) in [7, 11) is -4.65. The van der Waals surface area contributed by atoms with Crippen LogP contribution in [0.4, 0.5) is 0 Å². The third-order valence-corrected chi connectivity index (χ3v) is 7.20. The standard InChI is InChI=1S/C29H49N2O5P/c1-2-3-4-5-6-7-8-9-10-11-12-13-14-15-16-21-29(32)31-26(24-36-37(33,34)35)22-25-23-30-28-20-18-17-19-27(25)28/h9-10,17-20,23,26,30,33-35,37H,2-8,11-16,21-22,24H2,1H3,(H,31,32)/b10-9-/t26-/m0/s1. The number of unbranched alkanes of at least 4 members (excludes halogenated alkanes) is 11. The molecule has 2 aromatic rings. The van der Waals surface area contributed by atoms with Gasteiger partial charge in [0.25, 0.3) is 0 Å². The van der Waals surface area contributed by atoms with Crippen LogP contribution in [0.3, 0.4) is 0 Å². The third kappa shape index (κ3) is 14.7. The molecule has 5 N–H and O–H groups in total. The maximum atomic E-state index is 12.5. The molecule has 0 fully saturated rings. The van der Waals surface area contributed by atoms with Crippen LogP contribution >= 0.6 is 8.17 Å². The number of allylic oxidation sites excluding steroid dienone is 2. The number of fused-ring (bicyclic) bond motifs is 1. The van der Waals surface area contributed by atoms with E-state index in [4.69, 9.17) is 4.52 Å². The van der Waals surface area contributed by atoms with Gasteiger partial charge < -0.3 is 0 Å². The predicted octanol–water partition coefficient (Wildman–Crippen LogP) is 6.64. The summed E-state index contributed by atoms with van der Waals surface area (Å²) >= 11 is 0. The van der Waals surface area contributed by atoms with E-state index in [1.54, 1.807) is 0 Å². The summed E-state index contributed by atoms with van der Waals surface area (Å²) in [5.74, 6) is -0.0906. The number of hydrogen-bond donors (Lipinski definition) is 5. The van der Waals surface area contributed by atoms with Crippen molar-refractivity contribution in [3.63, 3.8) is 0 Å². The van der Waals surface area contributed by atoms with E-state index in [0.29, 0.717) is 12.8 Å². The summed E-state index contributed by atoms with van der Waals surface area (Å²) in [4.78, 5) is 43.5. The fraction of sp³-hybridized carbons (Fsp3) is 0.621. The number of nitrogens with one attached hydrogen (secondary N) is 2. The first-order valence-electron chi connectivity index (χ1n) is 14.2. The fourth-order valence-electron chi connectivity index (χ4n) is 4.59. The number of para-hydroxylation sites is 1. The Hall–Kier alpha value is -1.76. The van der Waals surface area contributed by atoms with Gasteiger partial charge in [0.1, 0.15) is 0 Å².